The minimum Gasteiger partial charge on any atom is -0.311 e. The van der Waals surface area contributed by atoms with Gasteiger partial charge >= 0.3 is 0 Å². The summed E-state index contributed by atoms with van der Waals surface area (Å²) in [7, 11) is -8.06. The third kappa shape index (κ3) is 13.6. The number of nitrogens with zero attached hydrogens (tertiary/aromatic N) is 2. The normalized spacial score (nSPS) is 14.2. The molecule has 0 fully saturated rings. The quantitative estimate of drug-likeness (QED) is 0.0662. The maximum Gasteiger partial charge on any atom is 0.252 e. The molecule has 2 heterocycles. The Morgan fingerprint density at radius 1 is 0.223 bits per heavy atom. The average molecular weight is 1600 g/mol. The van der Waals surface area contributed by atoms with Gasteiger partial charge in [-0.2, -0.15) is 0 Å². The zero-order valence-corrected chi connectivity index (χ0v) is 70.1. The van der Waals surface area contributed by atoms with Crippen LogP contribution in [0.5, 0.6) is 0 Å². The van der Waals surface area contributed by atoms with Gasteiger partial charge in [0.1, 0.15) is 0 Å². The van der Waals surface area contributed by atoms with E-state index in [2.05, 4.69) is 336 Å². The van der Waals surface area contributed by atoms with E-state index >= 15 is 0 Å². The highest BCUT2D eigenvalue weighted by molar-refractivity contribution is 7.22. The number of hydrogen-bond donors (Lipinski definition) is 0. The van der Waals surface area contributed by atoms with Gasteiger partial charge in [0.25, 0.3) is 6.71 Å². The monoisotopic (exact) mass is 1600 g/mol. The number of hydrogen-bond acceptors (Lipinski definition) is 2. The van der Waals surface area contributed by atoms with Crippen LogP contribution >= 0.6 is 0 Å². The van der Waals surface area contributed by atoms with E-state index in [1.165, 1.54) is 0 Å². The molecule has 578 valence electrons. The summed E-state index contributed by atoms with van der Waals surface area (Å²) in [6.45, 7) is 13.1. The van der Waals surface area contributed by atoms with E-state index in [4.69, 9.17) is 12.3 Å². The lowest BCUT2D eigenvalue weighted by Crippen LogP contribution is -2.78. The van der Waals surface area contributed by atoms with Crippen LogP contribution < -0.4 is 67.7 Å². The Kier molecular flexibility index (Phi) is 15.7. The minimum atomic E-state index is -4.03. The lowest BCUT2D eigenvalue weighted by molar-refractivity contribution is 0.590. The van der Waals surface area contributed by atoms with Gasteiger partial charge in [-0.25, -0.2) is 0 Å². The Morgan fingerprint density at radius 3 is 1.02 bits per heavy atom. The molecule has 0 saturated heterocycles. The van der Waals surface area contributed by atoms with Crippen LogP contribution in [-0.4, -0.2) is 22.9 Å². The molecule has 0 N–H and O–H groups in total. The third-order valence-corrected chi connectivity index (χ3v) is 33.9. The van der Waals surface area contributed by atoms with Crippen molar-refractivity contribution < 1.29 is 20.6 Å². The van der Waals surface area contributed by atoms with Crippen LogP contribution in [0.4, 0.5) is 34.1 Å². The molecule has 0 atom stereocenters. The Hall–Kier alpha value is -13.9. The molecule has 2 nitrogen and oxygen atoms in total. The van der Waals surface area contributed by atoms with Crippen molar-refractivity contribution >= 4 is 115 Å². The third-order valence-electron chi connectivity index (χ3n) is 24.5. The van der Waals surface area contributed by atoms with E-state index in [0.29, 0.717) is 16.7 Å². The van der Waals surface area contributed by atoms with Crippen molar-refractivity contribution in [2.75, 3.05) is 9.80 Å². The molecule has 18 aromatic carbocycles. The lowest BCUT2D eigenvalue weighted by Gasteiger charge is -2.46. The van der Waals surface area contributed by atoms with E-state index in [9.17, 15) is 8.22 Å². The van der Waals surface area contributed by atoms with Crippen LogP contribution in [0.25, 0.3) is 77.9 Å². The molecule has 0 aromatic heterocycles. The topological polar surface area (TPSA) is 6.48 Å². The summed E-state index contributed by atoms with van der Waals surface area (Å²) in [6, 6.07) is 122. The fourth-order valence-electron chi connectivity index (χ4n) is 18.8. The number of rotatable bonds is 17. The fraction of sp³-hybridized carbons (Fsp3) is 0.0690. The van der Waals surface area contributed by atoms with Crippen molar-refractivity contribution in [2.24, 2.45) is 0 Å². The second kappa shape index (κ2) is 31.4. The first-order chi connectivity index (χ1) is 65.5. The second-order valence-electron chi connectivity index (χ2n) is 33.5. The van der Waals surface area contributed by atoms with Crippen LogP contribution in [0.3, 0.4) is 0 Å². The summed E-state index contributed by atoms with van der Waals surface area (Å²) >= 11 is 0. The first-order valence-corrected chi connectivity index (χ1v) is 45.3. The van der Waals surface area contributed by atoms with Gasteiger partial charge in [0, 0.05) is 39.4 Å². The van der Waals surface area contributed by atoms with Crippen LogP contribution in [0.1, 0.15) is 73.2 Å². The first kappa shape index (κ1) is 60.5. The Morgan fingerprint density at radius 2 is 0.579 bits per heavy atom. The lowest BCUT2D eigenvalue weighted by atomic mass is 9.33. The van der Waals surface area contributed by atoms with Gasteiger partial charge in [-0.1, -0.05) is 460 Å². The summed E-state index contributed by atoms with van der Waals surface area (Å²) in [4.78, 5) is 4.96. The number of benzene rings is 18. The van der Waals surface area contributed by atoms with Crippen molar-refractivity contribution in [3.63, 3.8) is 0 Å². The zero-order valence-electron chi connectivity index (χ0n) is 83.1. The van der Waals surface area contributed by atoms with Crippen molar-refractivity contribution in [3.05, 3.63) is 466 Å². The predicted octanol–water partition coefficient (Wildman–Crippen LogP) is 22.8. The van der Waals surface area contributed by atoms with Gasteiger partial charge in [-0.3, -0.25) is 0 Å². The molecule has 0 radical (unpaired) electrons. The maximum atomic E-state index is 9.62. The maximum absolute atomic E-state index is 9.62. The molecular formula is C116H93BN2Si2. The SMILES string of the molecule is [2H]c1c([2H])c([2H])c(-c2cccc([Si](c3ccccc3)(c3ccccc3)c3cc(-c4ccc5c(c4)N(c4c(-c6ccccc6)cccc4-c4ccccc4)c4cc(C(C)(C)C)cc6c4B5c4cc(C(C)(C)C)ccc4N6c4ccc(-c5c([2H])c([2H])c([2H])c([2H])c5[2H])cc4-c4ccccc4)cc([Si](c4ccccc4)(c4ccccc4)c4cccc(-c5c([2H])c([2H])c([2H])c([2H])c5[2H])c4)c3)c2)c([2H])c1[2H]. The summed E-state index contributed by atoms with van der Waals surface area (Å²) in [5.41, 5.74) is 18.5. The summed E-state index contributed by atoms with van der Waals surface area (Å²) in [5.74, 6) is 0. The molecule has 2 aliphatic rings. The van der Waals surface area contributed by atoms with E-state index in [0.717, 1.165) is 148 Å². The molecule has 0 spiro atoms. The number of anilines is 6. The summed E-state index contributed by atoms with van der Waals surface area (Å²) in [6.07, 6.45) is 0. The Balaban J connectivity index is 0.956. The molecular weight excluding hydrogens is 1490 g/mol. The van der Waals surface area contributed by atoms with Crippen LogP contribution in [0.15, 0.2) is 455 Å². The van der Waals surface area contributed by atoms with Crippen molar-refractivity contribution in [2.45, 2.75) is 52.4 Å². The van der Waals surface area contributed by atoms with E-state index in [1.54, 1.807) is 0 Å². The minimum absolute atomic E-state index is 0.0695. The summed E-state index contributed by atoms with van der Waals surface area (Å²) in [5, 5.41) is 7.55. The molecule has 0 saturated carbocycles. The van der Waals surface area contributed by atoms with E-state index < -0.39 is 82.7 Å². The predicted molar refractivity (Wildman–Crippen MR) is 523 cm³/mol. The fourth-order valence-corrected chi connectivity index (χ4v) is 28.6. The van der Waals surface area contributed by atoms with Gasteiger partial charge < -0.3 is 9.80 Å². The van der Waals surface area contributed by atoms with E-state index in [1.807, 2.05) is 78.9 Å². The number of para-hydroxylation sites is 1. The Bertz CT molecular complexity index is 7380. The van der Waals surface area contributed by atoms with Gasteiger partial charge in [-0.15, -0.1) is 0 Å². The number of fused-ring (bicyclic) bond motifs is 4. The summed E-state index contributed by atoms with van der Waals surface area (Å²) < 4.78 is 138. The highest BCUT2D eigenvalue weighted by atomic mass is 28.3. The first-order valence-electron chi connectivity index (χ1n) is 48.8. The van der Waals surface area contributed by atoms with Crippen molar-refractivity contribution in [1.82, 2.24) is 0 Å². The van der Waals surface area contributed by atoms with Crippen molar-refractivity contribution in [1.29, 1.82) is 0 Å². The molecule has 2 aliphatic heterocycles. The van der Waals surface area contributed by atoms with Gasteiger partial charge in [0.05, 0.1) is 31.9 Å². The van der Waals surface area contributed by atoms with Crippen molar-refractivity contribution in [3.8, 4) is 77.9 Å². The molecule has 0 amide bonds. The van der Waals surface area contributed by atoms with Crippen LogP contribution in [-0.2, 0) is 10.8 Å². The molecule has 0 aliphatic carbocycles. The Labute approximate surface area is 736 Å². The highest BCUT2D eigenvalue weighted by Crippen LogP contribution is 2.53. The van der Waals surface area contributed by atoms with E-state index in [-0.39, 0.29) is 58.4 Å². The zero-order chi connectivity index (χ0) is 94.9. The molecule has 0 bridgehead atoms. The second-order valence-corrected chi connectivity index (χ2v) is 41.2. The largest absolute Gasteiger partial charge is 0.311 e. The standard InChI is InChI=1S/C116H93BN2Si2/c1-115(2,3)93-68-71-109-107(78-93)117-106-69-66-91(77-110(106)119(114-103(85-46-23-10-24-47-85)64-39-65-104(114)86-48-25-11-26-49-86)112-80-94(116(4,5)6)79-111(113(112)117)118(109)108-70-67-90(84-44-21-9-22-45-84)76-105(108)87-50-27-12-28-51-87)92-74-101(120(95-54-29-13-30-55-95,96-56-31-14-32-57-96)99-62-37-52-88(72-99)82-40-17-7-18-41-82)81-102(75-92)121(97-58-33-15-34-59-97,98-60-35-16-36-61-98)100-63-38-53-89(73-100)83-42-19-8-20-43-83/h7-81H,1-6H3/i7D,8D,9D,17D,18D,19D,20D,21D,22D,40D,41D,42D,43D,44D,45D. The smallest absolute Gasteiger partial charge is 0.252 e. The molecule has 20 rings (SSSR count). The van der Waals surface area contributed by atoms with Crippen LogP contribution in [0.2, 0.25) is 0 Å². The average Bonchev–Trinajstić information content (AvgIpc) is 0.685. The van der Waals surface area contributed by atoms with Gasteiger partial charge in [0.2, 0.25) is 0 Å². The van der Waals surface area contributed by atoms with Crippen LogP contribution in [0, 0.1) is 0 Å². The molecule has 5 heteroatoms. The molecule has 0 unspecified atom stereocenters. The molecule has 121 heavy (non-hydrogen) atoms. The van der Waals surface area contributed by atoms with Gasteiger partial charge in [-0.05, 0) is 177 Å². The van der Waals surface area contributed by atoms with Gasteiger partial charge in [0.15, 0.2) is 16.1 Å². The molecule has 18 aromatic rings. The highest BCUT2D eigenvalue weighted by Gasteiger charge is 2.49.